The quantitative estimate of drug-likeness (QED) is 0.613. The first-order chi connectivity index (χ1) is 13.8. The Balaban J connectivity index is 1.30. The number of hydrogen-bond donors (Lipinski definition) is 1. The molecule has 0 aliphatic carbocycles. The molecule has 1 aromatic rings. The summed E-state index contributed by atoms with van der Waals surface area (Å²) in [7, 11) is 1.86. The molecule has 0 bridgehead atoms. The maximum Gasteiger partial charge on any atom is 0.194 e. The van der Waals surface area contributed by atoms with Crippen molar-refractivity contribution in [2.24, 2.45) is 4.99 Å². The molecule has 2 unspecified atom stereocenters. The zero-order valence-electron chi connectivity index (χ0n) is 16.8. The van der Waals surface area contributed by atoms with Gasteiger partial charge in [-0.05, 0) is 30.5 Å². The van der Waals surface area contributed by atoms with Crippen molar-refractivity contribution in [2.75, 3.05) is 62.8 Å². The lowest BCUT2D eigenvalue weighted by Crippen LogP contribution is -2.53. The monoisotopic (exact) mass is 404 g/mol. The fourth-order valence-corrected chi connectivity index (χ4v) is 5.05. The fourth-order valence-electron chi connectivity index (χ4n) is 4.15. The molecule has 154 valence electrons. The van der Waals surface area contributed by atoms with Crippen molar-refractivity contribution >= 4 is 23.4 Å². The van der Waals surface area contributed by atoms with Crippen LogP contribution < -0.4 is 10.2 Å². The Morgan fingerprint density at radius 3 is 2.61 bits per heavy atom. The Morgan fingerprint density at radius 1 is 1.11 bits per heavy atom. The summed E-state index contributed by atoms with van der Waals surface area (Å²) in [5, 5.41) is 3.53. The summed E-state index contributed by atoms with van der Waals surface area (Å²) in [5.74, 6) is 3.40. The van der Waals surface area contributed by atoms with Crippen LogP contribution >= 0.6 is 11.8 Å². The van der Waals surface area contributed by atoms with Crippen molar-refractivity contribution in [3.8, 4) is 0 Å². The normalized spacial score (nSPS) is 26.5. The highest BCUT2D eigenvalue weighted by atomic mass is 32.2. The number of nitrogens with one attached hydrogen (secondary N) is 1. The Morgan fingerprint density at radius 2 is 1.89 bits per heavy atom. The zero-order chi connectivity index (χ0) is 19.2. The average Bonchev–Trinajstić information content (AvgIpc) is 3.31. The number of rotatable bonds is 4. The molecule has 1 N–H and O–H groups in total. The Bertz CT molecular complexity index is 642. The third-order valence-electron chi connectivity index (χ3n) is 5.75. The second kappa shape index (κ2) is 9.85. The van der Waals surface area contributed by atoms with Crippen LogP contribution in [-0.2, 0) is 16.0 Å². The molecule has 0 saturated carbocycles. The van der Waals surface area contributed by atoms with Gasteiger partial charge in [0.05, 0.1) is 12.7 Å². The van der Waals surface area contributed by atoms with Crippen LogP contribution in [-0.4, -0.2) is 81.0 Å². The molecule has 1 aromatic carbocycles. The van der Waals surface area contributed by atoms with Crippen molar-refractivity contribution in [3.63, 3.8) is 0 Å². The van der Waals surface area contributed by atoms with E-state index < -0.39 is 0 Å². The standard InChI is InChI=1S/C21H32N4O2S/c1-22-21(25-8-12-27-20(16-25)19-3-2-11-26-19)23-15-17-4-6-18(7-5-17)24-9-13-28-14-10-24/h4-7,19-20H,2-3,8-16H2,1H3,(H,22,23). The van der Waals surface area contributed by atoms with Crippen LogP contribution in [0, 0.1) is 0 Å². The zero-order valence-corrected chi connectivity index (χ0v) is 17.6. The van der Waals surface area contributed by atoms with Crippen LogP contribution in [0.4, 0.5) is 5.69 Å². The molecule has 3 aliphatic rings. The average molecular weight is 405 g/mol. The molecule has 0 radical (unpaired) electrons. The van der Waals surface area contributed by atoms with Gasteiger partial charge in [-0.1, -0.05) is 12.1 Å². The molecular weight excluding hydrogens is 372 g/mol. The molecule has 3 fully saturated rings. The lowest BCUT2D eigenvalue weighted by molar-refractivity contribution is -0.0817. The van der Waals surface area contributed by atoms with Crippen LogP contribution in [0.1, 0.15) is 18.4 Å². The number of benzene rings is 1. The number of morpholine rings is 1. The van der Waals surface area contributed by atoms with Crippen LogP contribution in [0.3, 0.4) is 0 Å². The van der Waals surface area contributed by atoms with Crippen molar-refractivity contribution in [1.82, 2.24) is 10.2 Å². The van der Waals surface area contributed by atoms with Gasteiger partial charge < -0.3 is 24.6 Å². The summed E-state index contributed by atoms with van der Waals surface area (Å²) in [4.78, 5) is 9.28. The smallest absolute Gasteiger partial charge is 0.194 e. The van der Waals surface area contributed by atoms with Crippen molar-refractivity contribution in [2.45, 2.75) is 31.6 Å². The van der Waals surface area contributed by atoms with Gasteiger partial charge in [-0.25, -0.2) is 0 Å². The summed E-state index contributed by atoms with van der Waals surface area (Å²) in [6.45, 7) is 6.39. The summed E-state index contributed by atoms with van der Waals surface area (Å²) in [5.41, 5.74) is 2.61. The highest BCUT2D eigenvalue weighted by molar-refractivity contribution is 7.99. The van der Waals surface area contributed by atoms with Gasteiger partial charge in [0.1, 0.15) is 6.10 Å². The number of ether oxygens (including phenoxy) is 2. The van der Waals surface area contributed by atoms with E-state index >= 15 is 0 Å². The molecular formula is C21H32N4O2S. The minimum absolute atomic E-state index is 0.150. The van der Waals surface area contributed by atoms with E-state index in [-0.39, 0.29) is 12.2 Å². The second-order valence-electron chi connectivity index (χ2n) is 7.57. The van der Waals surface area contributed by atoms with E-state index in [0.717, 1.165) is 64.7 Å². The number of aliphatic imine (C=N–C) groups is 1. The number of thioether (sulfide) groups is 1. The van der Waals surface area contributed by atoms with Gasteiger partial charge in [-0.2, -0.15) is 11.8 Å². The minimum atomic E-state index is 0.150. The highest BCUT2D eigenvalue weighted by Crippen LogP contribution is 2.22. The molecule has 2 atom stereocenters. The van der Waals surface area contributed by atoms with E-state index in [9.17, 15) is 0 Å². The summed E-state index contributed by atoms with van der Waals surface area (Å²) in [6.07, 6.45) is 2.63. The van der Waals surface area contributed by atoms with Crippen LogP contribution in [0.15, 0.2) is 29.3 Å². The van der Waals surface area contributed by atoms with Crippen LogP contribution in [0.25, 0.3) is 0 Å². The van der Waals surface area contributed by atoms with Gasteiger partial charge >= 0.3 is 0 Å². The lowest BCUT2D eigenvalue weighted by atomic mass is 10.1. The third kappa shape index (κ3) is 4.93. The molecule has 3 saturated heterocycles. The summed E-state index contributed by atoms with van der Waals surface area (Å²) in [6, 6.07) is 8.95. The topological polar surface area (TPSA) is 49.3 Å². The summed E-state index contributed by atoms with van der Waals surface area (Å²) >= 11 is 2.05. The van der Waals surface area contributed by atoms with E-state index in [1.165, 1.54) is 22.8 Å². The number of guanidine groups is 1. The molecule has 6 nitrogen and oxygen atoms in total. The lowest BCUT2D eigenvalue weighted by Gasteiger charge is -2.37. The molecule has 3 heterocycles. The minimum Gasteiger partial charge on any atom is -0.375 e. The third-order valence-corrected chi connectivity index (χ3v) is 6.69. The first kappa shape index (κ1) is 19.9. The van der Waals surface area contributed by atoms with Gasteiger partial charge in [-0.3, -0.25) is 4.99 Å². The SMILES string of the molecule is CN=C(NCc1ccc(N2CCSCC2)cc1)N1CCOC(C2CCCO2)C1. The van der Waals surface area contributed by atoms with E-state index in [0.29, 0.717) is 0 Å². The van der Waals surface area contributed by atoms with Crippen LogP contribution in [0.2, 0.25) is 0 Å². The molecule has 3 aliphatic heterocycles. The molecule has 0 aromatic heterocycles. The molecule has 4 rings (SSSR count). The van der Waals surface area contributed by atoms with Gasteiger partial charge in [0, 0.05) is 63.6 Å². The predicted octanol–water partition coefficient (Wildman–Crippen LogP) is 2.19. The molecule has 7 heteroatoms. The van der Waals surface area contributed by atoms with E-state index in [1.807, 2.05) is 18.8 Å². The van der Waals surface area contributed by atoms with Gasteiger partial charge in [-0.15, -0.1) is 0 Å². The van der Waals surface area contributed by atoms with Crippen molar-refractivity contribution < 1.29 is 9.47 Å². The second-order valence-corrected chi connectivity index (χ2v) is 8.80. The van der Waals surface area contributed by atoms with E-state index in [2.05, 4.69) is 44.4 Å². The number of hydrogen-bond acceptors (Lipinski definition) is 5. The molecule has 0 amide bonds. The fraction of sp³-hybridized carbons (Fsp3) is 0.667. The number of anilines is 1. The van der Waals surface area contributed by atoms with Crippen LogP contribution in [0.5, 0.6) is 0 Å². The van der Waals surface area contributed by atoms with Crippen molar-refractivity contribution in [1.29, 1.82) is 0 Å². The van der Waals surface area contributed by atoms with Gasteiger partial charge in [0.15, 0.2) is 5.96 Å². The first-order valence-electron chi connectivity index (χ1n) is 10.4. The van der Waals surface area contributed by atoms with E-state index in [4.69, 9.17) is 9.47 Å². The van der Waals surface area contributed by atoms with Gasteiger partial charge in [0.2, 0.25) is 0 Å². The first-order valence-corrected chi connectivity index (χ1v) is 11.6. The molecule has 28 heavy (non-hydrogen) atoms. The number of nitrogens with zero attached hydrogens (tertiary/aromatic N) is 3. The van der Waals surface area contributed by atoms with E-state index in [1.54, 1.807) is 0 Å². The van der Waals surface area contributed by atoms with Crippen molar-refractivity contribution in [3.05, 3.63) is 29.8 Å². The Hall–Kier alpha value is -1.44. The van der Waals surface area contributed by atoms with Gasteiger partial charge in [0.25, 0.3) is 0 Å². The Kier molecular flexibility index (Phi) is 6.99. The summed E-state index contributed by atoms with van der Waals surface area (Å²) < 4.78 is 11.8. The maximum absolute atomic E-state index is 5.96. The highest BCUT2D eigenvalue weighted by Gasteiger charge is 2.32. The largest absolute Gasteiger partial charge is 0.375 e. The maximum atomic E-state index is 5.96. The molecule has 0 spiro atoms. The predicted molar refractivity (Wildman–Crippen MR) is 116 cm³/mol. The Labute approximate surface area is 172 Å².